The first-order valence-corrected chi connectivity index (χ1v) is 10.7. The summed E-state index contributed by atoms with van der Waals surface area (Å²) in [5.74, 6) is 1.67. The van der Waals surface area contributed by atoms with Crippen molar-refractivity contribution in [2.45, 2.75) is 45.2 Å². The van der Waals surface area contributed by atoms with Gasteiger partial charge in [-0.15, -0.1) is 0 Å². The number of aliphatic imine (C=N–C) groups is 1. The Bertz CT molecular complexity index is 569. The van der Waals surface area contributed by atoms with E-state index >= 15 is 0 Å². The van der Waals surface area contributed by atoms with Crippen LogP contribution in [-0.2, 0) is 13.1 Å². The molecule has 150 valence electrons. The third kappa shape index (κ3) is 6.82. The van der Waals surface area contributed by atoms with Gasteiger partial charge in [0.25, 0.3) is 0 Å². The summed E-state index contributed by atoms with van der Waals surface area (Å²) in [7, 11) is 4.06. The third-order valence-electron chi connectivity index (χ3n) is 5.96. The maximum absolute atomic E-state index is 4.37. The highest BCUT2D eigenvalue weighted by molar-refractivity contribution is 5.79. The summed E-state index contributed by atoms with van der Waals surface area (Å²) in [6, 6.07) is 9.05. The molecule has 5 nitrogen and oxygen atoms in total. The number of likely N-dealkylation sites (tertiary alicyclic amines) is 2. The average molecular weight is 372 g/mol. The maximum atomic E-state index is 4.37. The van der Waals surface area contributed by atoms with Crippen molar-refractivity contribution in [3.05, 3.63) is 35.4 Å². The molecule has 0 aliphatic carbocycles. The topological polar surface area (TPSA) is 42.9 Å². The summed E-state index contributed by atoms with van der Waals surface area (Å²) in [6.07, 6.45) is 6.66. The van der Waals surface area contributed by atoms with Crippen LogP contribution < -0.4 is 10.6 Å². The van der Waals surface area contributed by atoms with Gasteiger partial charge >= 0.3 is 0 Å². The SMILES string of the molecule is CN=C(NCc1ccc(CN2CCCCC2)cc1)NCC1CCN(C)CC1. The van der Waals surface area contributed by atoms with Crippen molar-refractivity contribution >= 4 is 5.96 Å². The molecule has 2 aliphatic heterocycles. The van der Waals surface area contributed by atoms with Crippen LogP contribution in [-0.4, -0.2) is 62.6 Å². The van der Waals surface area contributed by atoms with Crippen molar-refractivity contribution in [2.75, 3.05) is 46.8 Å². The molecule has 0 aromatic heterocycles. The standard InChI is InChI=1S/C22H37N5/c1-23-22(25-17-20-10-14-26(2)15-11-20)24-16-19-6-8-21(9-7-19)18-27-12-4-3-5-13-27/h6-9,20H,3-5,10-18H2,1-2H3,(H2,23,24,25). The van der Waals surface area contributed by atoms with Crippen molar-refractivity contribution in [3.8, 4) is 0 Å². The monoisotopic (exact) mass is 371 g/mol. The molecule has 27 heavy (non-hydrogen) atoms. The molecule has 0 spiro atoms. The Morgan fingerprint density at radius 2 is 1.63 bits per heavy atom. The number of nitrogens with zero attached hydrogens (tertiary/aromatic N) is 3. The van der Waals surface area contributed by atoms with Crippen molar-refractivity contribution in [1.29, 1.82) is 0 Å². The molecular weight excluding hydrogens is 334 g/mol. The minimum atomic E-state index is 0.758. The van der Waals surface area contributed by atoms with Crippen LogP contribution in [0.4, 0.5) is 0 Å². The quantitative estimate of drug-likeness (QED) is 0.596. The van der Waals surface area contributed by atoms with Crippen LogP contribution in [0.15, 0.2) is 29.3 Å². The zero-order valence-electron chi connectivity index (χ0n) is 17.2. The van der Waals surface area contributed by atoms with Gasteiger partial charge in [0.15, 0.2) is 5.96 Å². The fraction of sp³-hybridized carbons (Fsp3) is 0.682. The van der Waals surface area contributed by atoms with E-state index in [1.165, 1.54) is 69.4 Å². The van der Waals surface area contributed by atoms with Crippen LogP contribution in [0.3, 0.4) is 0 Å². The molecule has 0 atom stereocenters. The largest absolute Gasteiger partial charge is 0.356 e. The Kier molecular flexibility index (Phi) is 7.96. The highest BCUT2D eigenvalue weighted by Crippen LogP contribution is 2.15. The summed E-state index contributed by atoms with van der Waals surface area (Å²) in [5, 5.41) is 6.96. The van der Waals surface area contributed by atoms with Crippen LogP contribution in [0.25, 0.3) is 0 Å². The van der Waals surface area contributed by atoms with E-state index in [-0.39, 0.29) is 0 Å². The molecule has 0 amide bonds. The first-order chi connectivity index (χ1) is 13.2. The second kappa shape index (κ2) is 10.7. The molecule has 0 saturated carbocycles. The van der Waals surface area contributed by atoms with E-state index < -0.39 is 0 Å². The first kappa shape index (κ1) is 20.2. The minimum Gasteiger partial charge on any atom is -0.356 e. The van der Waals surface area contributed by atoms with E-state index in [1.807, 2.05) is 7.05 Å². The van der Waals surface area contributed by atoms with Gasteiger partial charge in [-0.3, -0.25) is 9.89 Å². The average Bonchev–Trinajstić information content (AvgIpc) is 2.71. The summed E-state index contributed by atoms with van der Waals surface area (Å²) < 4.78 is 0. The number of benzene rings is 1. The first-order valence-electron chi connectivity index (χ1n) is 10.7. The number of piperidine rings is 2. The predicted octanol–water partition coefficient (Wildman–Crippen LogP) is 2.68. The normalized spacial score (nSPS) is 20.6. The summed E-state index contributed by atoms with van der Waals surface area (Å²) >= 11 is 0. The molecular formula is C22H37N5. The van der Waals surface area contributed by atoms with Gasteiger partial charge in [0, 0.05) is 26.7 Å². The van der Waals surface area contributed by atoms with Crippen LogP contribution in [0, 0.1) is 5.92 Å². The lowest BCUT2D eigenvalue weighted by atomic mass is 9.97. The lowest BCUT2D eigenvalue weighted by molar-refractivity contribution is 0.220. The Balaban J connectivity index is 1.38. The second-order valence-corrected chi connectivity index (χ2v) is 8.21. The van der Waals surface area contributed by atoms with E-state index in [4.69, 9.17) is 0 Å². The number of nitrogens with one attached hydrogen (secondary N) is 2. The van der Waals surface area contributed by atoms with Gasteiger partial charge in [-0.1, -0.05) is 30.7 Å². The fourth-order valence-electron chi connectivity index (χ4n) is 4.05. The van der Waals surface area contributed by atoms with Crippen LogP contribution in [0.1, 0.15) is 43.2 Å². The van der Waals surface area contributed by atoms with Crippen molar-refractivity contribution in [1.82, 2.24) is 20.4 Å². The smallest absolute Gasteiger partial charge is 0.191 e. The predicted molar refractivity (Wildman–Crippen MR) is 114 cm³/mol. The number of rotatable bonds is 6. The molecule has 1 aromatic carbocycles. The zero-order chi connectivity index (χ0) is 18.9. The third-order valence-corrected chi connectivity index (χ3v) is 5.96. The Morgan fingerprint density at radius 3 is 2.30 bits per heavy atom. The summed E-state index contributed by atoms with van der Waals surface area (Å²) in [6.45, 7) is 7.85. The molecule has 1 aromatic rings. The summed E-state index contributed by atoms with van der Waals surface area (Å²) in [4.78, 5) is 9.36. The second-order valence-electron chi connectivity index (χ2n) is 8.21. The Morgan fingerprint density at radius 1 is 0.963 bits per heavy atom. The molecule has 5 heteroatoms. The Labute approximate surface area is 165 Å². The van der Waals surface area contributed by atoms with Gasteiger partial charge in [0.2, 0.25) is 0 Å². The van der Waals surface area contributed by atoms with Gasteiger partial charge < -0.3 is 15.5 Å². The highest BCUT2D eigenvalue weighted by atomic mass is 15.2. The van der Waals surface area contributed by atoms with Gasteiger partial charge in [0.1, 0.15) is 0 Å². The maximum Gasteiger partial charge on any atom is 0.191 e. The zero-order valence-corrected chi connectivity index (χ0v) is 17.2. The molecule has 0 bridgehead atoms. The number of hydrogen-bond donors (Lipinski definition) is 2. The minimum absolute atomic E-state index is 0.758. The van der Waals surface area contributed by atoms with Crippen LogP contribution >= 0.6 is 0 Å². The van der Waals surface area contributed by atoms with E-state index in [2.05, 4.69) is 56.7 Å². The van der Waals surface area contributed by atoms with Gasteiger partial charge in [-0.2, -0.15) is 0 Å². The lowest BCUT2D eigenvalue weighted by Crippen LogP contribution is -2.42. The molecule has 2 saturated heterocycles. The lowest BCUT2D eigenvalue weighted by Gasteiger charge is -2.29. The van der Waals surface area contributed by atoms with Crippen LogP contribution in [0.5, 0.6) is 0 Å². The van der Waals surface area contributed by atoms with E-state index in [9.17, 15) is 0 Å². The van der Waals surface area contributed by atoms with Gasteiger partial charge in [-0.25, -0.2) is 0 Å². The van der Waals surface area contributed by atoms with Crippen LogP contribution in [0.2, 0.25) is 0 Å². The van der Waals surface area contributed by atoms with E-state index in [1.54, 1.807) is 0 Å². The van der Waals surface area contributed by atoms with Crippen molar-refractivity contribution in [3.63, 3.8) is 0 Å². The fourth-order valence-corrected chi connectivity index (χ4v) is 4.05. The molecule has 2 heterocycles. The molecule has 2 N–H and O–H groups in total. The number of hydrogen-bond acceptors (Lipinski definition) is 3. The van der Waals surface area contributed by atoms with Gasteiger partial charge in [0.05, 0.1) is 0 Å². The molecule has 0 unspecified atom stereocenters. The Hall–Kier alpha value is -1.59. The molecule has 2 fully saturated rings. The van der Waals surface area contributed by atoms with E-state index in [0.29, 0.717) is 0 Å². The molecule has 3 rings (SSSR count). The van der Waals surface area contributed by atoms with Gasteiger partial charge in [-0.05, 0) is 76.0 Å². The summed E-state index contributed by atoms with van der Waals surface area (Å²) in [5.41, 5.74) is 2.73. The van der Waals surface area contributed by atoms with Crippen molar-refractivity contribution < 1.29 is 0 Å². The number of guanidine groups is 1. The highest BCUT2D eigenvalue weighted by Gasteiger charge is 2.16. The van der Waals surface area contributed by atoms with Crippen molar-refractivity contribution in [2.24, 2.45) is 10.9 Å². The van der Waals surface area contributed by atoms with E-state index in [0.717, 1.165) is 31.5 Å². The molecule has 0 radical (unpaired) electrons. The molecule has 2 aliphatic rings.